The van der Waals surface area contributed by atoms with E-state index in [9.17, 15) is 4.79 Å². The number of carbonyl (C=O) groups is 1. The van der Waals surface area contributed by atoms with Gasteiger partial charge >= 0.3 is 0 Å². The molecule has 3 rings (SSSR count). The van der Waals surface area contributed by atoms with E-state index >= 15 is 0 Å². The summed E-state index contributed by atoms with van der Waals surface area (Å²) < 4.78 is 5.73. The Kier molecular flexibility index (Phi) is 5.84. The maximum atomic E-state index is 12.5. The first-order valence-corrected chi connectivity index (χ1v) is 8.89. The summed E-state index contributed by atoms with van der Waals surface area (Å²) in [5.41, 5.74) is 3.26. The zero-order chi connectivity index (χ0) is 17.6. The van der Waals surface area contributed by atoms with Crippen molar-refractivity contribution in [3.05, 3.63) is 65.7 Å². The fourth-order valence-electron chi connectivity index (χ4n) is 3.42. The second kappa shape index (κ2) is 8.28. The van der Waals surface area contributed by atoms with Crippen molar-refractivity contribution in [1.29, 1.82) is 0 Å². The molecule has 0 aliphatic carbocycles. The molecular formula is C21H26N2O2. The lowest BCUT2D eigenvalue weighted by Crippen LogP contribution is -2.48. The first-order chi connectivity index (χ1) is 12.1. The molecule has 4 nitrogen and oxygen atoms in total. The van der Waals surface area contributed by atoms with Crippen molar-refractivity contribution in [2.75, 3.05) is 25.0 Å². The average Bonchev–Trinajstić information content (AvgIpc) is 2.56. The van der Waals surface area contributed by atoms with Crippen LogP contribution in [0.3, 0.4) is 0 Å². The Bertz CT molecular complexity index is 692. The first kappa shape index (κ1) is 17.6. The summed E-state index contributed by atoms with van der Waals surface area (Å²) in [6.45, 7) is 6.09. The van der Waals surface area contributed by atoms with Gasteiger partial charge in [-0.3, -0.25) is 9.69 Å². The standard InChI is InChI=1S/C21H26N2O2/c1-16-13-23(14-17(2)25-16)15-21(24)22-20-11-7-6-10-19(20)12-18-8-4-3-5-9-18/h3-11,16-17H,12-15H2,1-2H3,(H,22,24)/t16-,17-/m0/s1. The fourth-order valence-corrected chi connectivity index (χ4v) is 3.42. The van der Waals surface area contributed by atoms with Gasteiger partial charge in [0, 0.05) is 18.8 Å². The van der Waals surface area contributed by atoms with E-state index in [4.69, 9.17) is 4.74 Å². The van der Waals surface area contributed by atoms with Crippen LogP contribution < -0.4 is 5.32 Å². The summed E-state index contributed by atoms with van der Waals surface area (Å²) in [6, 6.07) is 18.3. The molecule has 1 fully saturated rings. The number of benzene rings is 2. The van der Waals surface area contributed by atoms with Gasteiger partial charge in [0.15, 0.2) is 0 Å². The van der Waals surface area contributed by atoms with Crippen LogP contribution in [0, 0.1) is 0 Å². The average molecular weight is 338 g/mol. The molecule has 0 spiro atoms. The van der Waals surface area contributed by atoms with Crippen molar-refractivity contribution >= 4 is 11.6 Å². The molecule has 2 aromatic rings. The predicted octanol–water partition coefficient (Wildman–Crippen LogP) is 3.33. The summed E-state index contributed by atoms with van der Waals surface area (Å²) >= 11 is 0. The molecule has 0 radical (unpaired) electrons. The number of hydrogen-bond acceptors (Lipinski definition) is 3. The topological polar surface area (TPSA) is 41.6 Å². The van der Waals surface area contributed by atoms with E-state index in [0.717, 1.165) is 30.8 Å². The summed E-state index contributed by atoms with van der Waals surface area (Å²) in [6.07, 6.45) is 1.15. The van der Waals surface area contributed by atoms with Gasteiger partial charge in [0.05, 0.1) is 18.8 Å². The molecule has 1 aliphatic heterocycles. The number of para-hydroxylation sites is 1. The van der Waals surface area contributed by atoms with Crippen LogP contribution in [0.5, 0.6) is 0 Å². The fraction of sp³-hybridized carbons (Fsp3) is 0.381. The lowest BCUT2D eigenvalue weighted by Gasteiger charge is -2.34. The number of amides is 1. The predicted molar refractivity (Wildman–Crippen MR) is 101 cm³/mol. The second-order valence-corrected chi connectivity index (χ2v) is 6.82. The Balaban J connectivity index is 1.63. The van der Waals surface area contributed by atoms with E-state index in [0.29, 0.717) is 6.54 Å². The van der Waals surface area contributed by atoms with E-state index < -0.39 is 0 Å². The quantitative estimate of drug-likeness (QED) is 0.909. The minimum absolute atomic E-state index is 0.0295. The van der Waals surface area contributed by atoms with Gasteiger partial charge in [0.1, 0.15) is 0 Å². The third-order valence-electron chi connectivity index (χ3n) is 4.39. The lowest BCUT2D eigenvalue weighted by atomic mass is 10.0. The molecule has 2 aromatic carbocycles. The van der Waals surface area contributed by atoms with E-state index in [1.54, 1.807) is 0 Å². The molecule has 0 unspecified atom stereocenters. The third-order valence-corrected chi connectivity index (χ3v) is 4.39. The van der Waals surface area contributed by atoms with Gasteiger partial charge in [0.2, 0.25) is 5.91 Å². The molecule has 1 amide bonds. The highest BCUT2D eigenvalue weighted by Crippen LogP contribution is 2.19. The molecule has 25 heavy (non-hydrogen) atoms. The van der Waals surface area contributed by atoms with Crippen molar-refractivity contribution in [2.24, 2.45) is 0 Å². The molecular weight excluding hydrogens is 312 g/mol. The molecule has 1 N–H and O–H groups in total. The zero-order valence-electron chi connectivity index (χ0n) is 14.9. The van der Waals surface area contributed by atoms with Crippen molar-refractivity contribution < 1.29 is 9.53 Å². The number of anilines is 1. The minimum atomic E-state index is 0.0295. The Hall–Kier alpha value is -2.17. The van der Waals surface area contributed by atoms with Gasteiger partial charge in [-0.1, -0.05) is 48.5 Å². The largest absolute Gasteiger partial charge is 0.373 e. The lowest BCUT2D eigenvalue weighted by molar-refractivity contribution is -0.121. The number of ether oxygens (including phenoxy) is 1. The number of morpholine rings is 1. The monoisotopic (exact) mass is 338 g/mol. The van der Waals surface area contributed by atoms with Gasteiger partial charge in [0.25, 0.3) is 0 Å². The first-order valence-electron chi connectivity index (χ1n) is 8.89. The third kappa shape index (κ3) is 5.15. The van der Waals surface area contributed by atoms with Crippen molar-refractivity contribution in [3.63, 3.8) is 0 Å². The van der Waals surface area contributed by atoms with Crippen LogP contribution in [-0.4, -0.2) is 42.6 Å². The normalized spacial score (nSPS) is 21.0. The van der Waals surface area contributed by atoms with E-state index in [1.165, 1.54) is 5.56 Å². The van der Waals surface area contributed by atoms with Gasteiger partial charge in [-0.15, -0.1) is 0 Å². The summed E-state index contributed by atoms with van der Waals surface area (Å²) in [5, 5.41) is 3.09. The van der Waals surface area contributed by atoms with Crippen LogP contribution in [0.15, 0.2) is 54.6 Å². The highest BCUT2D eigenvalue weighted by molar-refractivity contribution is 5.93. The van der Waals surface area contributed by atoms with Gasteiger partial charge in [-0.25, -0.2) is 0 Å². The Morgan fingerprint density at radius 2 is 1.68 bits per heavy atom. The summed E-state index contributed by atoms with van der Waals surface area (Å²) in [7, 11) is 0. The second-order valence-electron chi connectivity index (χ2n) is 6.82. The molecule has 0 bridgehead atoms. The maximum Gasteiger partial charge on any atom is 0.238 e. The van der Waals surface area contributed by atoms with Crippen LogP contribution in [0.4, 0.5) is 5.69 Å². The molecule has 132 valence electrons. The van der Waals surface area contributed by atoms with Crippen LogP contribution in [0.2, 0.25) is 0 Å². The molecule has 4 heteroatoms. The maximum absolute atomic E-state index is 12.5. The number of carbonyl (C=O) groups excluding carboxylic acids is 1. The smallest absolute Gasteiger partial charge is 0.238 e. The van der Waals surface area contributed by atoms with E-state index in [2.05, 4.69) is 42.3 Å². The van der Waals surface area contributed by atoms with Crippen molar-refractivity contribution in [3.8, 4) is 0 Å². The number of rotatable bonds is 5. The molecule has 1 saturated heterocycles. The van der Waals surface area contributed by atoms with Crippen LogP contribution in [0.25, 0.3) is 0 Å². The zero-order valence-corrected chi connectivity index (χ0v) is 14.9. The van der Waals surface area contributed by atoms with Crippen molar-refractivity contribution in [2.45, 2.75) is 32.5 Å². The summed E-state index contributed by atoms with van der Waals surface area (Å²) in [4.78, 5) is 14.7. The molecule has 0 saturated carbocycles. The molecule has 2 atom stereocenters. The molecule has 0 aromatic heterocycles. The van der Waals surface area contributed by atoms with E-state index in [1.807, 2.05) is 36.4 Å². The van der Waals surface area contributed by atoms with Crippen LogP contribution >= 0.6 is 0 Å². The number of nitrogens with zero attached hydrogens (tertiary/aromatic N) is 1. The Morgan fingerprint density at radius 1 is 1.04 bits per heavy atom. The minimum Gasteiger partial charge on any atom is -0.373 e. The number of hydrogen-bond donors (Lipinski definition) is 1. The van der Waals surface area contributed by atoms with Crippen LogP contribution in [-0.2, 0) is 16.0 Å². The van der Waals surface area contributed by atoms with Gasteiger partial charge in [-0.2, -0.15) is 0 Å². The Morgan fingerprint density at radius 3 is 2.40 bits per heavy atom. The summed E-state index contributed by atoms with van der Waals surface area (Å²) in [5.74, 6) is 0.0295. The van der Waals surface area contributed by atoms with Gasteiger partial charge < -0.3 is 10.1 Å². The highest BCUT2D eigenvalue weighted by Gasteiger charge is 2.23. The molecule has 1 aliphatic rings. The van der Waals surface area contributed by atoms with Crippen molar-refractivity contribution in [1.82, 2.24) is 4.90 Å². The molecule has 1 heterocycles. The SMILES string of the molecule is C[C@H]1CN(CC(=O)Nc2ccccc2Cc2ccccc2)C[C@H](C)O1. The number of nitrogens with one attached hydrogen (secondary N) is 1. The Labute approximate surface area is 149 Å². The van der Waals surface area contributed by atoms with Crippen LogP contribution in [0.1, 0.15) is 25.0 Å². The van der Waals surface area contributed by atoms with E-state index in [-0.39, 0.29) is 18.1 Å². The van der Waals surface area contributed by atoms with Gasteiger partial charge in [-0.05, 0) is 37.5 Å². The highest BCUT2D eigenvalue weighted by atomic mass is 16.5.